The standard InChI is InChI=1S/C23H17N3O4/c1-30-19-13-11-17(12-14-19)25-22(24-21-5-3-2-4-20(21)23(25)27)15-8-16-6-9-18(10-7-16)26(28)29/h2-15H,1H3/b15-8-. The van der Waals surface area contributed by atoms with Gasteiger partial charge in [-0.05, 0) is 60.2 Å². The molecule has 4 rings (SSSR count). The second-order valence-electron chi connectivity index (χ2n) is 6.51. The van der Waals surface area contributed by atoms with Crippen LogP contribution in [-0.2, 0) is 0 Å². The van der Waals surface area contributed by atoms with Crippen LogP contribution in [0, 0.1) is 10.1 Å². The number of rotatable bonds is 5. The molecule has 0 aliphatic rings. The lowest BCUT2D eigenvalue weighted by atomic mass is 10.2. The number of benzene rings is 3. The molecule has 0 N–H and O–H groups in total. The Morgan fingerprint density at radius 1 is 0.967 bits per heavy atom. The van der Waals surface area contributed by atoms with Gasteiger partial charge in [0, 0.05) is 12.1 Å². The second kappa shape index (κ2) is 8.00. The molecule has 148 valence electrons. The van der Waals surface area contributed by atoms with Gasteiger partial charge in [-0.15, -0.1) is 0 Å². The van der Waals surface area contributed by atoms with Crippen LogP contribution in [0.5, 0.6) is 5.75 Å². The van der Waals surface area contributed by atoms with Crippen LogP contribution in [0.15, 0.2) is 77.6 Å². The first-order valence-electron chi connectivity index (χ1n) is 9.15. The lowest BCUT2D eigenvalue weighted by molar-refractivity contribution is -0.384. The minimum absolute atomic E-state index is 0.0196. The average Bonchev–Trinajstić information content (AvgIpc) is 2.78. The molecular weight excluding hydrogens is 382 g/mol. The molecule has 0 atom stereocenters. The minimum atomic E-state index is -0.445. The summed E-state index contributed by atoms with van der Waals surface area (Å²) in [6.45, 7) is 0. The van der Waals surface area contributed by atoms with Crippen molar-refractivity contribution in [3.8, 4) is 11.4 Å². The maximum Gasteiger partial charge on any atom is 0.269 e. The van der Waals surface area contributed by atoms with E-state index in [9.17, 15) is 14.9 Å². The number of hydrogen-bond acceptors (Lipinski definition) is 5. The topological polar surface area (TPSA) is 87.3 Å². The fourth-order valence-corrected chi connectivity index (χ4v) is 3.12. The molecule has 0 radical (unpaired) electrons. The van der Waals surface area contributed by atoms with Gasteiger partial charge in [0.2, 0.25) is 0 Å². The summed E-state index contributed by atoms with van der Waals surface area (Å²) in [6.07, 6.45) is 3.49. The molecule has 0 spiro atoms. The Balaban J connectivity index is 1.84. The summed E-state index contributed by atoms with van der Waals surface area (Å²) < 4.78 is 6.73. The van der Waals surface area contributed by atoms with Crippen LogP contribution in [0.3, 0.4) is 0 Å². The molecule has 4 aromatic rings. The third kappa shape index (κ3) is 3.68. The van der Waals surface area contributed by atoms with Gasteiger partial charge in [0.05, 0.1) is 28.6 Å². The van der Waals surface area contributed by atoms with Crippen molar-refractivity contribution in [2.75, 3.05) is 7.11 Å². The highest BCUT2D eigenvalue weighted by Gasteiger charge is 2.11. The highest BCUT2D eigenvalue weighted by molar-refractivity contribution is 5.80. The molecule has 3 aromatic carbocycles. The van der Waals surface area contributed by atoms with Gasteiger partial charge in [0.15, 0.2) is 0 Å². The van der Waals surface area contributed by atoms with Gasteiger partial charge in [0.1, 0.15) is 11.6 Å². The van der Waals surface area contributed by atoms with Crippen molar-refractivity contribution in [2.45, 2.75) is 0 Å². The monoisotopic (exact) mass is 399 g/mol. The van der Waals surface area contributed by atoms with Crippen LogP contribution in [0.4, 0.5) is 5.69 Å². The van der Waals surface area contributed by atoms with Crippen molar-refractivity contribution in [1.29, 1.82) is 0 Å². The van der Waals surface area contributed by atoms with Gasteiger partial charge in [0.25, 0.3) is 11.2 Å². The summed E-state index contributed by atoms with van der Waals surface area (Å²) in [7, 11) is 1.58. The molecule has 7 nitrogen and oxygen atoms in total. The lowest BCUT2D eigenvalue weighted by Crippen LogP contribution is -2.22. The first-order valence-corrected chi connectivity index (χ1v) is 9.15. The van der Waals surface area contributed by atoms with E-state index in [1.807, 2.05) is 6.07 Å². The van der Waals surface area contributed by atoms with Crippen LogP contribution >= 0.6 is 0 Å². The molecule has 0 aliphatic carbocycles. The van der Waals surface area contributed by atoms with Crippen LogP contribution in [-0.4, -0.2) is 21.6 Å². The first kappa shape index (κ1) is 19.1. The molecule has 1 heterocycles. The molecule has 7 heteroatoms. The van der Waals surface area contributed by atoms with Gasteiger partial charge in [-0.25, -0.2) is 4.98 Å². The van der Waals surface area contributed by atoms with E-state index >= 15 is 0 Å². The minimum Gasteiger partial charge on any atom is -0.497 e. The molecule has 0 aliphatic heterocycles. The van der Waals surface area contributed by atoms with E-state index in [4.69, 9.17) is 4.74 Å². The van der Waals surface area contributed by atoms with Gasteiger partial charge >= 0.3 is 0 Å². The number of para-hydroxylation sites is 1. The van der Waals surface area contributed by atoms with Crippen LogP contribution in [0.25, 0.3) is 28.7 Å². The number of hydrogen-bond donors (Lipinski definition) is 0. The van der Waals surface area contributed by atoms with E-state index < -0.39 is 4.92 Å². The molecule has 0 unspecified atom stereocenters. The van der Waals surface area contributed by atoms with Crippen molar-refractivity contribution in [3.05, 3.63) is 105 Å². The lowest BCUT2D eigenvalue weighted by Gasteiger charge is -2.12. The maximum atomic E-state index is 13.2. The molecular formula is C23H17N3O4. The van der Waals surface area contributed by atoms with E-state index in [0.29, 0.717) is 28.2 Å². The van der Waals surface area contributed by atoms with Crippen molar-refractivity contribution in [2.24, 2.45) is 0 Å². The summed E-state index contributed by atoms with van der Waals surface area (Å²) in [5, 5.41) is 11.3. The third-order valence-corrected chi connectivity index (χ3v) is 4.66. The Morgan fingerprint density at radius 3 is 2.33 bits per heavy atom. The normalized spacial score (nSPS) is 11.1. The fraction of sp³-hybridized carbons (Fsp3) is 0.0435. The number of non-ortho nitro benzene ring substituents is 1. The highest BCUT2D eigenvalue weighted by atomic mass is 16.6. The Labute approximate surface area is 171 Å². The van der Waals surface area contributed by atoms with E-state index in [1.165, 1.54) is 16.7 Å². The zero-order valence-corrected chi connectivity index (χ0v) is 16.1. The Hall–Kier alpha value is -4.26. The van der Waals surface area contributed by atoms with Crippen molar-refractivity contribution >= 4 is 28.7 Å². The van der Waals surface area contributed by atoms with Crippen LogP contribution < -0.4 is 10.3 Å². The molecule has 30 heavy (non-hydrogen) atoms. The quantitative estimate of drug-likeness (QED) is 0.365. The highest BCUT2D eigenvalue weighted by Crippen LogP contribution is 2.19. The number of aromatic nitrogens is 2. The maximum absolute atomic E-state index is 13.2. The summed E-state index contributed by atoms with van der Waals surface area (Å²) in [5.74, 6) is 1.13. The number of methoxy groups -OCH3 is 1. The first-order chi connectivity index (χ1) is 14.6. The summed E-state index contributed by atoms with van der Waals surface area (Å²) >= 11 is 0. The van der Waals surface area contributed by atoms with E-state index in [-0.39, 0.29) is 11.2 Å². The van der Waals surface area contributed by atoms with Crippen molar-refractivity contribution < 1.29 is 9.66 Å². The Kier molecular flexibility index (Phi) is 5.09. The van der Waals surface area contributed by atoms with Gasteiger partial charge in [-0.1, -0.05) is 18.2 Å². The second-order valence-corrected chi connectivity index (χ2v) is 6.51. The molecule has 1 aromatic heterocycles. The van der Waals surface area contributed by atoms with E-state index in [1.54, 1.807) is 73.9 Å². The summed E-state index contributed by atoms with van der Waals surface area (Å²) in [6, 6.07) is 20.5. The zero-order valence-electron chi connectivity index (χ0n) is 16.1. The van der Waals surface area contributed by atoms with Gasteiger partial charge < -0.3 is 4.74 Å². The summed E-state index contributed by atoms with van der Waals surface area (Å²) in [5.41, 5.74) is 1.84. The number of nitro groups is 1. The smallest absolute Gasteiger partial charge is 0.269 e. The molecule has 0 fully saturated rings. The zero-order chi connectivity index (χ0) is 21.1. The predicted octanol–water partition coefficient (Wildman–Crippen LogP) is 4.47. The predicted molar refractivity (Wildman–Crippen MR) is 116 cm³/mol. The SMILES string of the molecule is COc1ccc(-n2c(/C=C\c3ccc([N+](=O)[O-])cc3)nc3ccccc3c2=O)cc1. The summed E-state index contributed by atoms with van der Waals surface area (Å²) in [4.78, 5) is 28.3. The number of nitrogens with zero attached hydrogens (tertiary/aromatic N) is 3. The van der Waals surface area contributed by atoms with Crippen LogP contribution in [0.1, 0.15) is 11.4 Å². The Bertz CT molecular complexity index is 1310. The van der Waals surface area contributed by atoms with Crippen LogP contribution in [0.2, 0.25) is 0 Å². The Morgan fingerprint density at radius 2 is 1.67 bits per heavy atom. The third-order valence-electron chi connectivity index (χ3n) is 4.66. The van der Waals surface area contributed by atoms with Crippen molar-refractivity contribution in [3.63, 3.8) is 0 Å². The molecule has 0 saturated heterocycles. The number of nitro benzene ring substituents is 1. The van der Waals surface area contributed by atoms with Crippen molar-refractivity contribution in [1.82, 2.24) is 9.55 Å². The largest absolute Gasteiger partial charge is 0.497 e. The van der Waals surface area contributed by atoms with Gasteiger partial charge in [-0.2, -0.15) is 0 Å². The van der Waals surface area contributed by atoms with Gasteiger partial charge in [-0.3, -0.25) is 19.5 Å². The van der Waals surface area contributed by atoms with E-state index in [2.05, 4.69) is 4.98 Å². The average molecular weight is 399 g/mol. The molecule has 0 amide bonds. The number of fused-ring (bicyclic) bond motifs is 1. The molecule has 0 saturated carbocycles. The molecule has 0 bridgehead atoms. The fourth-order valence-electron chi connectivity index (χ4n) is 3.12. The number of ether oxygens (including phenoxy) is 1. The van der Waals surface area contributed by atoms with E-state index in [0.717, 1.165) is 5.56 Å².